The zero-order valence-electron chi connectivity index (χ0n) is 88.6. The van der Waals surface area contributed by atoms with Crippen LogP contribution in [0, 0.1) is 182 Å². The van der Waals surface area contributed by atoms with Gasteiger partial charge in [0.25, 0.3) is 0 Å². The van der Waals surface area contributed by atoms with Gasteiger partial charge in [-0.1, -0.05) is 205 Å². The molecule has 0 bridgehead atoms. The van der Waals surface area contributed by atoms with Crippen molar-refractivity contribution < 1.29 is 70.2 Å². The second-order valence-electron chi connectivity index (χ2n) is 54.6. The molecule has 0 aromatic rings. The molecule has 10 N–H and O–H groups in total. The number of hydrogen-bond acceptors (Lipinski definition) is 14. The second-order valence-corrected chi connectivity index (χ2v) is 54.6. The predicted octanol–water partition coefficient (Wildman–Crippen LogP) is 24.2. The van der Waals surface area contributed by atoms with Crippen molar-refractivity contribution in [2.24, 2.45) is 182 Å². The molecule has 133 heavy (non-hydrogen) atoms. The lowest BCUT2D eigenvalue weighted by Crippen LogP contribution is -2.62. The third-order valence-corrected chi connectivity index (χ3v) is 46.5. The van der Waals surface area contributed by atoms with Crippen LogP contribution in [0.25, 0.3) is 0 Å². The minimum Gasteiger partial charge on any atom is -0.396 e. The first-order chi connectivity index (χ1) is 62.0. The number of fused-ring (bicyclic) bond motifs is 18. The number of Topliss-reactive ketones (excluding diaryl/α,β-unsaturated/α-hetero) is 3. The minimum absolute atomic E-state index is 0.00105. The molecule has 18 rings (SSSR count). The van der Waals surface area contributed by atoms with Crippen molar-refractivity contribution >= 4 is 23.6 Å². The standard InChI is InChI=1S/C21H36O3.C20H32O3.C20H32O2.C20H34O2.C19H32O2.C19H30O2/c1-5-14-6-7-16-20(4)10-9-17(23)19(2,3)15(20)8-11-21(16,13-22)18(24)12-14;1-13-5-6-15-19(4)9-8-16(22)18(2,3)14(19)7-10-20(15,12-21)17(23)11-13;1-13-11-14(12-21)5-7-16-15(13)6-8-17-19(2,3)18(22)9-10-20(16,17)4;1-5-13-6-8-15-14(16(21)12-13)7-9-17-19(2,3)18(22)10-11-20(15,17)4;2*1-12-5-7-14-13(15(20)11-12)6-8-16-18(2,3)17(21)9-10-19(14,16)4/h6,15-18,22-24H,5,7-13H2,1-4H3;5,14-16,21-22H,6-12H2,1-4H3;5,12-13,15-18,22H,6-11H2,1-4H3;6,14-18,21-22H,5,7-12H2,1-4H3;12-14,16-17,21H,5-11H2,1-4H3;5,13-14,16-17,21H,6-11H2,1-4H3. The molecule has 0 spiro atoms. The van der Waals surface area contributed by atoms with Crippen LogP contribution in [0.2, 0.25) is 0 Å². The van der Waals surface area contributed by atoms with Gasteiger partial charge in [0, 0.05) is 36.5 Å². The van der Waals surface area contributed by atoms with E-state index < -0.39 is 11.5 Å². The maximum atomic E-state index is 13.0. The molecule has 0 aliphatic heterocycles. The average molecular weight is 1850 g/mol. The van der Waals surface area contributed by atoms with Crippen molar-refractivity contribution in [3.63, 3.8) is 0 Å². The molecule has 0 aromatic carbocycles. The first-order valence-corrected chi connectivity index (χ1v) is 55.1. The van der Waals surface area contributed by atoms with Crippen molar-refractivity contribution in [2.45, 2.75) is 465 Å². The van der Waals surface area contributed by atoms with Gasteiger partial charge in [0.05, 0.1) is 67.5 Å². The molecule has 13 fully saturated rings. The Morgan fingerprint density at radius 3 is 1.18 bits per heavy atom. The van der Waals surface area contributed by atoms with E-state index in [1.807, 2.05) is 6.92 Å². The van der Waals surface area contributed by atoms with E-state index in [2.05, 4.69) is 190 Å². The van der Waals surface area contributed by atoms with Crippen LogP contribution in [0.5, 0.6) is 0 Å². The molecule has 34 unspecified atom stereocenters. The van der Waals surface area contributed by atoms with E-state index in [1.54, 1.807) is 0 Å². The fourth-order valence-electron chi connectivity index (χ4n) is 37.8. The van der Waals surface area contributed by atoms with Crippen LogP contribution >= 0.6 is 0 Å². The van der Waals surface area contributed by atoms with Crippen molar-refractivity contribution in [1.82, 2.24) is 0 Å². The summed E-state index contributed by atoms with van der Waals surface area (Å²) < 4.78 is 0. The Kier molecular flexibility index (Phi) is 32.2. The maximum absolute atomic E-state index is 13.0. The summed E-state index contributed by atoms with van der Waals surface area (Å²) in [4.78, 5) is 49.5. The van der Waals surface area contributed by atoms with Gasteiger partial charge in [-0.3, -0.25) is 19.2 Å². The Morgan fingerprint density at radius 2 is 0.707 bits per heavy atom. The third-order valence-electron chi connectivity index (χ3n) is 46.5. The third kappa shape index (κ3) is 19.0. The maximum Gasteiger partial charge on any atom is 0.145 e. The van der Waals surface area contributed by atoms with Crippen molar-refractivity contribution in [3.8, 4) is 0 Å². The highest BCUT2D eigenvalue weighted by Crippen LogP contribution is 2.72. The summed E-state index contributed by atoms with van der Waals surface area (Å²) in [6.45, 7) is 54.5. The van der Waals surface area contributed by atoms with Crippen molar-refractivity contribution in [3.05, 3.63) is 58.2 Å². The van der Waals surface area contributed by atoms with Crippen LogP contribution in [0.4, 0.5) is 0 Å². The molecule has 0 heterocycles. The van der Waals surface area contributed by atoms with Gasteiger partial charge in [-0.25, -0.2) is 0 Å². The first kappa shape index (κ1) is 107. The van der Waals surface area contributed by atoms with E-state index in [4.69, 9.17) is 0 Å². The van der Waals surface area contributed by atoms with Gasteiger partial charge in [-0.15, -0.1) is 0 Å². The van der Waals surface area contributed by atoms with E-state index in [1.165, 1.54) is 48.8 Å². The van der Waals surface area contributed by atoms with E-state index in [-0.39, 0.29) is 139 Å². The Balaban J connectivity index is 0.000000136. The number of carbonyl (C=O) groups is 4. The van der Waals surface area contributed by atoms with Gasteiger partial charge >= 0.3 is 0 Å². The summed E-state index contributed by atoms with van der Waals surface area (Å²) in [7, 11) is 0. The van der Waals surface area contributed by atoms with E-state index >= 15 is 0 Å². The molecule has 0 aromatic heterocycles. The number of aliphatic hydroxyl groups excluding tert-OH is 10. The van der Waals surface area contributed by atoms with E-state index in [0.717, 1.165) is 222 Å². The van der Waals surface area contributed by atoms with Gasteiger partial charge in [0.1, 0.15) is 23.6 Å². The summed E-state index contributed by atoms with van der Waals surface area (Å²) in [6, 6.07) is 0. The summed E-state index contributed by atoms with van der Waals surface area (Å²) >= 11 is 0. The summed E-state index contributed by atoms with van der Waals surface area (Å²) in [5.41, 5.74) is 6.16. The quantitative estimate of drug-likeness (QED) is 0.0906. The molecule has 18 aliphatic carbocycles. The van der Waals surface area contributed by atoms with Crippen molar-refractivity contribution in [1.29, 1.82) is 0 Å². The number of ketones is 3. The SMILES string of the molecule is CC1=CCC2C(CCC3C(C)(C)C(O)CCC23C)C(=O)C1.CC1=CCC2C(CO)(CCC3C(C)(C)C(O)CCC23C)C(=O)C1.CC1CC(C=O)=CCC2C1CCC1C(C)(C)C(O)CCC21C.CC1CCC2C(CCC3C(C)(C)C(O)CCC23C)C(=O)C1.CCC1=CCC2C(CCC3C(C)(C)C(O)CCC23C)C(O)C1.CCC1=CCC2C3(C)CCC(O)C(C)(C)C3CCC2(CO)C(O)C1. The van der Waals surface area contributed by atoms with Gasteiger partial charge in [0.15, 0.2) is 0 Å². The number of rotatable bonds is 5. The lowest BCUT2D eigenvalue weighted by Gasteiger charge is -2.64. The smallest absolute Gasteiger partial charge is 0.145 e. The molecular weight excluding hydrogens is 1650 g/mol. The molecule has 34 atom stereocenters. The molecule has 18 aliphatic rings. The number of carbonyl (C=O) groups excluding carboxylic acids is 4. The monoisotopic (exact) mass is 1850 g/mol. The van der Waals surface area contributed by atoms with Crippen LogP contribution in [0.1, 0.15) is 417 Å². The fraction of sp³-hybridized carbons (Fsp3) is 0.882. The molecule has 14 nitrogen and oxygen atoms in total. The second kappa shape index (κ2) is 39.9. The van der Waals surface area contributed by atoms with Gasteiger partial charge in [-0.2, -0.15) is 0 Å². The van der Waals surface area contributed by atoms with E-state index in [9.17, 15) is 70.2 Å². The highest BCUT2D eigenvalue weighted by Gasteiger charge is 2.68. The summed E-state index contributed by atoms with van der Waals surface area (Å²) in [5, 5.41) is 106. The lowest BCUT2D eigenvalue weighted by atomic mass is 9.41. The molecular formula is C119H196O14. The van der Waals surface area contributed by atoms with Gasteiger partial charge in [0.2, 0.25) is 0 Å². The zero-order chi connectivity index (χ0) is 97.9. The molecule has 0 saturated heterocycles. The van der Waals surface area contributed by atoms with Gasteiger partial charge < -0.3 is 51.1 Å². The van der Waals surface area contributed by atoms with Crippen LogP contribution in [-0.2, 0) is 19.2 Å². The number of aldehydes is 1. The number of hydrogen-bond donors (Lipinski definition) is 10. The Morgan fingerprint density at radius 1 is 0.331 bits per heavy atom. The molecule has 13 saturated carbocycles. The molecule has 0 radical (unpaired) electrons. The minimum atomic E-state index is -0.572. The van der Waals surface area contributed by atoms with Crippen LogP contribution in [0.15, 0.2) is 58.2 Å². The normalized spacial score (nSPS) is 47.7. The van der Waals surface area contributed by atoms with Crippen molar-refractivity contribution in [2.75, 3.05) is 13.2 Å². The Labute approximate surface area is 808 Å². The van der Waals surface area contributed by atoms with Gasteiger partial charge in [-0.05, 0) is 410 Å². The highest BCUT2D eigenvalue weighted by molar-refractivity contribution is 5.88. The largest absolute Gasteiger partial charge is 0.396 e. The van der Waals surface area contributed by atoms with Crippen LogP contribution < -0.4 is 0 Å². The average Bonchev–Trinajstić information content (AvgIpc) is 1.67. The first-order valence-electron chi connectivity index (χ1n) is 55.1. The predicted molar refractivity (Wildman–Crippen MR) is 537 cm³/mol. The lowest BCUT2D eigenvalue weighted by molar-refractivity contribution is -0.204. The fourth-order valence-corrected chi connectivity index (χ4v) is 37.8. The molecule has 756 valence electrons. The Bertz CT molecular complexity index is 4240. The number of allylic oxidation sites excluding steroid dienone is 8. The summed E-state index contributed by atoms with van der Waals surface area (Å²) in [6.07, 6.45) is 49.2. The summed E-state index contributed by atoms with van der Waals surface area (Å²) in [5.74, 6) is 10.1. The van der Waals surface area contributed by atoms with Crippen LogP contribution in [-0.4, -0.2) is 137 Å². The van der Waals surface area contributed by atoms with E-state index in [0.29, 0.717) is 125 Å². The highest BCUT2D eigenvalue weighted by atomic mass is 16.3. The Hall–Kier alpha value is -3.02. The van der Waals surface area contributed by atoms with Crippen LogP contribution in [0.3, 0.4) is 0 Å². The number of aliphatic hydroxyl groups is 10. The molecule has 0 amide bonds. The topological polar surface area (TPSA) is 271 Å². The molecule has 14 heteroatoms. The zero-order valence-corrected chi connectivity index (χ0v) is 88.6.